The molecule has 2 aliphatic rings. The van der Waals surface area contributed by atoms with E-state index in [-0.39, 0.29) is 24.9 Å². The lowest BCUT2D eigenvalue weighted by Gasteiger charge is -2.24. The molecular weight excluding hydrogens is 508 g/mol. The highest BCUT2D eigenvalue weighted by molar-refractivity contribution is 6.35. The zero-order valence-corrected chi connectivity index (χ0v) is 22.2. The maximum atomic E-state index is 13.4. The molecule has 1 saturated carbocycles. The molecule has 1 saturated heterocycles. The van der Waals surface area contributed by atoms with Crippen molar-refractivity contribution < 1.29 is 24.0 Å². The van der Waals surface area contributed by atoms with E-state index in [0.717, 1.165) is 42.0 Å². The molecule has 3 aromatic carbocycles. The summed E-state index contributed by atoms with van der Waals surface area (Å²) in [5.41, 5.74) is 1.71. The minimum atomic E-state index is -0.832. The molecule has 4 amide bonds. The van der Waals surface area contributed by atoms with Gasteiger partial charge in [-0.25, -0.2) is 5.06 Å². The monoisotopic (exact) mass is 540 g/mol. The molecule has 1 aliphatic heterocycles. The Morgan fingerprint density at radius 2 is 1.62 bits per heavy atom. The maximum Gasteiger partial charge on any atom is 0.309 e. The average Bonchev–Trinajstić information content (AvgIpc) is 3.78. The van der Waals surface area contributed by atoms with Crippen molar-refractivity contribution in [1.29, 1.82) is 0 Å². The summed E-state index contributed by atoms with van der Waals surface area (Å²) < 4.78 is 0. The first-order valence-electron chi connectivity index (χ1n) is 13.5. The highest BCUT2D eigenvalue weighted by Gasteiger charge is 2.46. The molecule has 1 aliphatic carbocycles. The second-order valence-corrected chi connectivity index (χ2v) is 10.00. The molecule has 40 heavy (non-hydrogen) atoms. The molecule has 9 heteroatoms. The van der Waals surface area contributed by atoms with Gasteiger partial charge in [-0.2, -0.15) is 0 Å². The van der Waals surface area contributed by atoms with Gasteiger partial charge < -0.3 is 16.0 Å². The van der Waals surface area contributed by atoms with Gasteiger partial charge in [0.15, 0.2) is 0 Å². The van der Waals surface area contributed by atoms with E-state index in [0.29, 0.717) is 24.3 Å². The number of hydrogen-bond donors (Lipinski definition) is 3. The van der Waals surface area contributed by atoms with E-state index in [4.69, 9.17) is 4.84 Å². The molecule has 2 fully saturated rings. The molecule has 206 valence electrons. The fourth-order valence-electron chi connectivity index (χ4n) is 4.91. The Morgan fingerprint density at radius 3 is 2.42 bits per heavy atom. The Kier molecular flexibility index (Phi) is 8.21. The summed E-state index contributed by atoms with van der Waals surface area (Å²) in [6.45, 7) is 1.06. The third kappa shape index (κ3) is 6.21. The van der Waals surface area contributed by atoms with Gasteiger partial charge >= 0.3 is 11.8 Å². The quantitative estimate of drug-likeness (QED) is 0.300. The summed E-state index contributed by atoms with van der Waals surface area (Å²) in [7, 11) is 0. The summed E-state index contributed by atoms with van der Waals surface area (Å²) in [5, 5.41) is 11.8. The van der Waals surface area contributed by atoms with Crippen LogP contribution >= 0.6 is 0 Å². The van der Waals surface area contributed by atoms with Crippen molar-refractivity contribution in [2.45, 2.75) is 37.8 Å². The Morgan fingerprint density at radius 1 is 0.875 bits per heavy atom. The predicted octanol–water partition coefficient (Wildman–Crippen LogP) is 3.10. The first kappa shape index (κ1) is 27.1. The Bertz CT molecular complexity index is 1450. The van der Waals surface area contributed by atoms with Gasteiger partial charge in [0, 0.05) is 31.3 Å². The van der Waals surface area contributed by atoms with Crippen LogP contribution in [0.1, 0.15) is 47.2 Å². The number of hydroxylamine groups is 2. The molecule has 0 spiro atoms. The highest BCUT2D eigenvalue weighted by Crippen LogP contribution is 2.48. The van der Waals surface area contributed by atoms with Gasteiger partial charge in [-0.1, -0.05) is 66.7 Å². The number of nitrogens with zero attached hydrogens (tertiary/aromatic N) is 1. The summed E-state index contributed by atoms with van der Waals surface area (Å²) in [5.74, 6) is -2.20. The van der Waals surface area contributed by atoms with Crippen LogP contribution in [0.3, 0.4) is 0 Å². The van der Waals surface area contributed by atoms with Crippen molar-refractivity contribution in [3.05, 3.63) is 95.6 Å². The van der Waals surface area contributed by atoms with Crippen LogP contribution in [0.25, 0.3) is 10.8 Å². The largest absolute Gasteiger partial charge is 0.344 e. The lowest BCUT2D eigenvalue weighted by Crippen LogP contribution is -2.40. The van der Waals surface area contributed by atoms with E-state index in [9.17, 15) is 19.2 Å². The van der Waals surface area contributed by atoms with E-state index >= 15 is 0 Å². The van der Waals surface area contributed by atoms with Crippen molar-refractivity contribution in [1.82, 2.24) is 21.0 Å². The summed E-state index contributed by atoms with van der Waals surface area (Å²) in [4.78, 5) is 55.3. The number of fused-ring (bicyclic) bond motifs is 1. The van der Waals surface area contributed by atoms with E-state index in [1.54, 1.807) is 24.3 Å². The number of hydrogen-bond acceptors (Lipinski definition) is 5. The first-order valence-corrected chi connectivity index (χ1v) is 13.5. The van der Waals surface area contributed by atoms with Crippen LogP contribution in [0.4, 0.5) is 0 Å². The van der Waals surface area contributed by atoms with E-state index < -0.39 is 17.4 Å². The summed E-state index contributed by atoms with van der Waals surface area (Å²) in [6, 6.07) is 21.3. The molecule has 3 aromatic rings. The third-order valence-electron chi connectivity index (χ3n) is 7.21. The van der Waals surface area contributed by atoms with Crippen molar-refractivity contribution in [2.24, 2.45) is 0 Å². The highest BCUT2D eigenvalue weighted by atomic mass is 16.7. The predicted molar refractivity (Wildman–Crippen MR) is 150 cm³/mol. The summed E-state index contributed by atoms with van der Waals surface area (Å²) >= 11 is 0. The number of carbonyl (C=O) groups is 4. The number of rotatable bonds is 8. The van der Waals surface area contributed by atoms with Crippen LogP contribution < -0.4 is 16.0 Å². The van der Waals surface area contributed by atoms with Gasteiger partial charge in [0.05, 0.1) is 12.1 Å². The molecule has 9 nitrogen and oxygen atoms in total. The van der Waals surface area contributed by atoms with Crippen molar-refractivity contribution >= 4 is 34.4 Å². The van der Waals surface area contributed by atoms with Crippen LogP contribution in [-0.4, -0.2) is 48.4 Å². The number of benzene rings is 3. The van der Waals surface area contributed by atoms with Crippen LogP contribution in [-0.2, 0) is 31.3 Å². The second-order valence-electron chi connectivity index (χ2n) is 10.00. The molecule has 0 radical (unpaired) electrons. The molecular formula is C31H32N4O5. The maximum absolute atomic E-state index is 13.4. The van der Waals surface area contributed by atoms with E-state index in [2.05, 4.69) is 40.2 Å². The Hall–Kier alpha value is -4.50. The van der Waals surface area contributed by atoms with Crippen LogP contribution in [0.15, 0.2) is 78.9 Å². The molecule has 0 unspecified atom stereocenters. The number of amides is 4. The Labute approximate surface area is 232 Å². The van der Waals surface area contributed by atoms with Crippen LogP contribution in [0, 0.1) is 0 Å². The lowest BCUT2D eigenvalue weighted by atomic mass is 9.96. The van der Waals surface area contributed by atoms with Gasteiger partial charge in [0.1, 0.15) is 0 Å². The minimum absolute atomic E-state index is 0.0116. The molecule has 0 aromatic heterocycles. The van der Waals surface area contributed by atoms with Gasteiger partial charge in [-0.15, -0.1) is 0 Å². The van der Waals surface area contributed by atoms with Gasteiger partial charge in [-0.05, 0) is 53.6 Å². The third-order valence-corrected chi connectivity index (χ3v) is 7.21. The van der Waals surface area contributed by atoms with Crippen molar-refractivity contribution in [3.8, 4) is 0 Å². The summed E-state index contributed by atoms with van der Waals surface area (Å²) in [6.07, 6.45) is 6.26. The molecule has 3 N–H and O–H groups in total. The standard InChI is InChI=1S/C31H32N4O5/c36-27(35-19-5-6-20-40-35)15-8-18-32-29(38)30(39)33-21-23-10-2-4-13-25(23)28(37)34-31(16-17-31)26-14-7-11-22-9-1-3-12-24(22)26/h1-4,7-15H,5-6,16-21H2,(H,32,38)(H,33,39)(H,34,37)/b15-8+. The van der Waals surface area contributed by atoms with Gasteiger partial charge in [-0.3, -0.25) is 24.0 Å². The minimum Gasteiger partial charge on any atom is -0.344 e. The van der Waals surface area contributed by atoms with Crippen LogP contribution in [0.5, 0.6) is 0 Å². The molecule has 0 atom stereocenters. The molecule has 5 rings (SSSR count). The SMILES string of the molecule is O=C(NC/C=C/C(=O)N1CCCCO1)C(=O)NCc1ccccc1C(=O)NC1(c2cccc3ccccc23)CC1. The van der Waals surface area contributed by atoms with Crippen LogP contribution in [0.2, 0.25) is 0 Å². The number of carbonyl (C=O) groups excluding carboxylic acids is 4. The van der Waals surface area contributed by atoms with Gasteiger partial charge in [0.2, 0.25) is 0 Å². The van der Waals surface area contributed by atoms with Crippen molar-refractivity contribution in [2.75, 3.05) is 19.7 Å². The Balaban J connectivity index is 1.16. The average molecular weight is 541 g/mol. The van der Waals surface area contributed by atoms with Crippen molar-refractivity contribution in [3.63, 3.8) is 0 Å². The zero-order valence-electron chi connectivity index (χ0n) is 22.2. The number of nitrogens with one attached hydrogen (secondary N) is 3. The molecule has 1 heterocycles. The lowest BCUT2D eigenvalue weighted by molar-refractivity contribution is -0.191. The fourth-order valence-corrected chi connectivity index (χ4v) is 4.91. The first-order chi connectivity index (χ1) is 19.5. The molecule has 0 bridgehead atoms. The normalized spacial score (nSPS) is 15.9. The smallest absolute Gasteiger partial charge is 0.309 e. The zero-order chi connectivity index (χ0) is 28.0. The fraction of sp³-hybridized carbons (Fsp3) is 0.290. The van der Waals surface area contributed by atoms with Gasteiger partial charge in [0.25, 0.3) is 11.8 Å². The van der Waals surface area contributed by atoms with E-state index in [1.807, 2.05) is 18.2 Å². The van der Waals surface area contributed by atoms with E-state index in [1.165, 1.54) is 17.2 Å². The second kappa shape index (κ2) is 12.1. The topological polar surface area (TPSA) is 117 Å².